The van der Waals surface area contributed by atoms with Crippen LogP contribution in [0.5, 0.6) is 5.88 Å². The summed E-state index contributed by atoms with van der Waals surface area (Å²) in [4.78, 5) is 46.6. The standard InChI is InChI=1S/C29H36FN5O4/c1-34-26(37)5-9-28(34)7-3-18(4-8-28)13-24(36)19-6-12-35(29(16-19)10-11-29)27(38)23-15-22(32-33-23)20-14-25(39-2)31-17-21(20)30/h14-15,17-19H,3-13,16H2,1-2H3,(H,32,33)/t18-,19-,28-/m1/s1. The van der Waals surface area contributed by atoms with Crippen LogP contribution < -0.4 is 4.74 Å². The van der Waals surface area contributed by atoms with E-state index in [0.29, 0.717) is 49.6 Å². The van der Waals surface area contributed by atoms with Gasteiger partial charge in [-0.1, -0.05) is 0 Å². The second-order valence-corrected chi connectivity index (χ2v) is 12.0. The summed E-state index contributed by atoms with van der Waals surface area (Å²) in [6.07, 6.45) is 10.4. The van der Waals surface area contributed by atoms with E-state index in [-0.39, 0.29) is 45.9 Å². The molecule has 10 heteroatoms. The van der Waals surface area contributed by atoms with Crippen molar-refractivity contribution < 1.29 is 23.5 Å². The van der Waals surface area contributed by atoms with Crippen molar-refractivity contribution in [3.05, 3.63) is 29.8 Å². The normalized spacial score (nSPS) is 27.8. The van der Waals surface area contributed by atoms with Crippen LogP contribution in [0.2, 0.25) is 0 Å². The van der Waals surface area contributed by atoms with Gasteiger partial charge in [-0.05, 0) is 69.8 Å². The monoisotopic (exact) mass is 537 g/mol. The maximum Gasteiger partial charge on any atom is 0.274 e. The highest BCUT2D eigenvalue weighted by Crippen LogP contribution is 2.51. The Morgan fingerprint density at radius 3 is 2.56 bits per heavy atom. The van der Waals surface area contributed by atoms with E-state index in [2.05, 4.69) is 15.2 Å². The minimum Gasteiger partial charge on any atom is -0.481 e. The van der Waals surface area contributed by atoms with Crippen LogP contribution in [0, 0.1) is 17.7 Å². The topological polar surface area (TPSA) is 108 Å². The molecule has 2 amide bonds. The predicted octanol–water partition coefficient (Wildman–Crippen LogP) is 4.14. The van der Waals surface area contributed by atoms with Crippen molar-refractivity contribution in [2.75, 3.05) is 20.7 Å². The average Bonchev–Trinajstić information content (AvgIpc) is 3.42. The zero-order valence-electron chi connectivity index (χ0n) is 22.7. The Morgan fingerprint density at radius 1 is 1.13 bits per heavy atom. The van der Waals surface area contributed by atoms with Crippen molar-refractivity contribution in [2.45, 2.75) is 81.7 Å². The third kappa shape index (κ3) is 4.61. The molecule has 2 saturated carbocycles. The van der Waals surface area contributed by atoms with Gasteiger partial charge in [-0.25, -0.2) is 9.37 Å². The highest BCUT2D eigenvalue weighted by atomic mass is 19.1. The van der Waals surface area contributed by atoms with Crippen LogP contribution in [0.4, 0.5) is 4.39 Å². The molecule has 1 atom stereocenters. The van der Waals surface area contributed by atoms with Gasteiger partial charge >= 0.3 is 0 Å². The molecule has 2 aromatic heterocycles. The molecule has 6 rings (SSSR count). The summed E-state index contributed by atoms with van der Waals surface area (Å²) in [5.74, 6) is 0.494. The number of ether oxygens (including phenoxy) is 1. The number of carbonyl (C=O) groups excluding carboxylic acids is 3. The van der Waals surface area contributed by atoms with Gasteiger partial charge in [-0.15, -0.1) is 0 Å². The summed E-state index contributed by atoms with van der Waals surface area (Å²) < 4.78 is 19.5. The van der Waals surface area contributed by atoms with E-state index in [0.717, 1.165) is 51.1 Å². The van der Waals surface area contributed by atoms with Crippen LogP contribution in [-0.4, -0.2) is 74.4 Å². The molecule has 4 aliphatic rings. The van der Waals surface area contributed by atoms with E-state index in [1.165, 1.54) is 13.2 Å². The second-order valence-electron chi connectivity index (χ2n) is 12.0. The van der Waals surface area contributed by atoms with Crippen LogP contribution in [0.1, 0.15) is 81.1 Å². The highest BCUT2D eigenvalue weighted by molar-refractivity contribution is 5.94. The fraction of sp³-hybridized carbons (Fsp3) is 0.621. The van der Waals surface area contributed by atoms with Crippen LogP contribution in [0.25, 0.3) is 11.3 Å². The molecule has 1 N–H and O–H groups in total. The molecule has 0 unspecified atom stereocenters. The van der Waals surface area contributed by atoms with E-state index >= 15 is 0 Å². The Bertz CT molecular complexity index is 1300. The fourth-order valence-corrected chi connectivity index (χ4v) is 7.24. The van der Waals surface area contributed by atoms with Gasteiger partial charge in [0.1, 0.15) is 5.78 Å². The van der Waals surface area contributed by atoms with Crippen LogP contribution >= 0.6 is 0 Å². The molecule has 2 saturated heterocycles. The number of amides is 2. The molecule has 208 valence electrons. The van der Waals surface area contributed by atoms with E-state index in [1.807, 2.05) is 16.8 Å². The van der Waals surface area contributed by atoms with Crippen molar-refractivity contribution in [2.24, 2.45) is 11.8 Å². The lowest BCUT2D eigenvalue weighted by Gasteiger charge is -2.43. The summed E-state index contributed by atoms with van der Waals surface area (Å²) in [5, 5.41) is 6.97. The Kier molecular flexibility index (Phi) is 6.46. The smallest absolute Gasteiger partial charge is 0.274 e. The van der Waals surface area contributed by atoms with Gasteiger partial charge in [-0.2, -0.15) is 5.10 Å². The SMILES string of the molecule is COc1cc(-c2cc(C(=O)N3CC[C@@H](C(=O)C[C@H]4CC[C@@]5(CCC(=O)N5C)CC4)CC34CC4)n[nH]2)c(F)cn1. The van der Waals surface area contributed by atoms with Crippen LogP contribution in [0.3, 0.4) is 0 Å². The van der Waals surface area contributed by atoms with Gasteiger partial charge in [0.15, 0.2) is 11.5 Å². The third-order valence-electron chi connectivity index (χ3n) is 9.97. The first-order valence-electron chi connectivity index (χ1n) is 14.1. The first kappa shape index (κ1) is 26.0. The quantitative estimate of drug-likeness (QED) is 0.593. The summed E-state index contributed by atoms with van der Waals surface area (Å²) >= 11 is 0. The largest absolute Gasteiger partial charge is 0.481 e. The summed E-state index contributed by atoms with van der Waals surface area (Å²) in [6.45, 7) is 0.523. The predicted molar refractivity (Wildman–Crippen MR) is 140 cm³/mol. The zero-order chi connectivity index (χ0) is 27.4. The van der Waals surface area contributed by atoms with Gasteiger partial charge in [0.05, 0.1) is 19.0 Å². The Morgan fingerprint density at radius 2 is 1.90 bits per heavy atom. The number of ketones is 1. The van der Waals surface area contributed by atoms with Crippen LogP contribution in [0.15, 0.2) is 18.3 Å². The number of rotatable bonds is 6. The molecule has 4 heterocycles. The molecule has 0 radical (unpaired) electrons. The Hall–Kier alpha value is -3.30. The number of hydrogen-bond donors (Lipinski definition) is 1. The maximum absolute atomic E-state index is 14.4. The number of aromatic amines is 1. The van der Waals surface area contributed by atoms with Crippen molar-refractivity contribution in [1.82, 2.24) is 25.0 Å². The summed E-state index contributed by atoms with van der Waals surface area (Å²) in [7, 11) is 3.39. The number of H-pyrrole nitrogens is 1. The lowest BCUT2D eigenvalue weighted by atomic mass is 9.72. The number of methoxy groups -OCH3 is 1. The van der Waals surface area contributed by atoms with E-state index in [1.54, 1.807) is 6.07 Å². The number of nitrogens with zero attached hydrogens (tertiary/aromatic N) is 4. The molecule has 2 aliphatic carbocycles. The van der Waals surface area contributed by atoms with Crippen molar-refractivity contribution in [3.8, 4) is 17.1 Å². The number of carbonyl (C=O) groups is 3. The molecular weight excluding hydrogens is 501 g/mol. The number of nitrogens with one attached hydrogen (secondary N) is 1. The van der Waals surface area contributed by atoms with Crippen molar-refractivity contribution in [3.63, 3.8) is 0 Å². The first-order chi connectivity index (χ1) is 18.7. The number of halogens is 1. The van der Waals surface area contributed by atoms with Gasteiger partial charge in [-0.3, -0.25) is 19.5 Å². The van der Waals surface area contributed by atoms with Gasteiger partial charge in [0.25, 0.3) is 5.91 Å². The fourth-order valence-electron chi connectivity index (χ4n) is 7.24. The van der Waals surface area contributed by atoms with Crippen molar-refractivity contribution in [1.29, 1.82) is 0 Å². The third-order valence-corrected chi connectivity index (χ3v) is 9.97. The molecular formula is C29H36FN5O4. The minimum absolute atomic E-state index is 0.0156. The van der Waals surface area contributed by atoms with E-state index in [9.17, 15) is 18.8 Å². The number of likely N-dealkylation sites (tertiary alicyclic amines) is 2. The number of hydrogen-bond acceptors (Lipinski definition) is 6. The Balaban J connectivity index is 1.07. The number of piperidine rings is 1. The molecule has 2 spiro atoms. The van der Waals surface area contributed by atoms with E-state index < -0.39 is 5.82 Å². The highest BCUT2D eigenvalue weighted by Gasteiger charge is 2.55. The summed E-state index contributed by atoms with van der Waals surface area (Å²) in [5.41, 5.74) is 0.598. The van der Waals surface area contributed by atoms with E-state index in [4.69, 9.17) is 4.74 Å². The molecule has 4 fully saturated rings. The number of pyridine rings is 1. The first-order valence-corrected chi connectivity index (χ1v) is 14.1. The lowest BCUT2D eigenvalue weighted by Crippen LogP contribution is -2.49. The zero-order valence-corrected chi connectivity index (χ0v) is 22.7. The Labute approximate surface area is 227 Å². The number of Topliss-reactive ketones (excluding diaryl/α,β-unsaturated/α-hetero) is 1. The summed E-state index contributed by atoms with van der Waals surface area (Å²) in [6, 6.07) is 3.03. The maximum atomic E-state index is 14.4. The lowest BCUT2D eigenvalue weighted by molar-refractivity contribution is -0.131. The van der Waals surface area contributed by atoms with Gasteiger partial charge in [0, 0.05) is 55.1 Å². The molecule has 0 bridgehead atoms. The number of aromatic nitrogens is 3. The van der Waals surface area contributed by atoms with Crippen molar-refractivity contribution >= 4 is 17.6 Å². The van der Waals surface area contributed by atoms with Crippen LogP contribution in [-0.2, 0) is 9.59 Å². The van der Waals surface area contributed by atoms with Gasteiger partial charge in [0.2, 0.25) is 11.8 Å². The minimum atomic E-state index is -0.534. The molecule has 2 aromatic rings. The second kappa shape index (κ2) is 9.71. The molecule has 9 nitrogen and oxygen atoms in total. The molecule has 0 aromatic carbocycles. The molecule has 39 heavy (non-hydrogen) atoms. The average molecular weight is 538 g/mol. The molecule has 2 aliphatic heterocycles. The van der Waals surface area contributed by atoms with Gasteiger partial charge < -0.3 is 14.5 Å².